The zero-order chi connectivity index (χ0) is 22.2. The van der Waals surface area contributed by atoms with Crippen LogP contribution < -0.4 is 10.6 Å². The van der Waals surface area contributed by atoms with E-state index in [2.05, 4.69) is 10.6 Å². The molecule has 1 saturated heterocycles. The van der Waals surface area contributed by atoms with Crippen LogP contribution in [0.25, 0.3) is 0 Å². The summed E-state index contributed by atoms with van der Waals surface area (Å²) in [5.74, 6) is -0.440. The fourth-order valence-electron chi connectivity index (χ4n) is 3.74. The number of fused-ring (bicyclic) bond motifs is 1. The van der Waals surface area contributed by atoms with Crippen molar-refractivity contribution in [2.45, 2.75) is 41.7 Å². The lowest BCUT2D eigenvalue weighted by atomic mass is 9.97. The van der Waals surface area contributed by atoms with Crippen LogP contribution in [0.1, 0.15) is 25.3 Å². The molecule has 2 aliphatic rings. The Bertz CT molecular complexity index is 1110. The predicted molar refractivity (Wildman–Crippen MR) is 122 cm³/mol. The smallest absolute Gasteiger partial charge is 0.243 e. The third-order valence-electron chi connectivity index (χ3n) is 5.66. The molecule has 0 aromatic heterocycles. The molecule has 1 atom stereocenters. The van der Waals surface area contributed by atoms with Gasteiger partial charge in [-0.05, 0) is 57.0 Å². The van der Waals surface area contributed by atoms with Crippen molar-refractivity contribution >= 4 is 45.0 Å². The van der Waals surface area contributed by atoms with Crippen molar-refractivity contribution in [3.8, 4) is 0 Å². The van der Waals surface area contributed by atoms with E-state index in [4.69, 9.17) is 0 Å². The Balaban J connectivity index is 1.41. The molecule has 0 saturated carbocycles. The van der Waals surface area contributed by atoms with E-state index in [0.717, 1.165) is 16.1 Å². The molecule has 31 heavy (non-hydrogen) atoms. The maximum absolute atomic E-state index is 13.1. The molecule has 2 amide bonds. The molecule has 1 fully saturated rings. The number of nitrogens with one attached hydrogen (secondary N) is 2. The van der Waals surface area contributed by atoms with Crippen molar-refractivity contribution < 1.29 is 18.0 Å². The number of benzene rings is 2. The Morgan fingerprint density at radius 2 is 1.81 bits per heavy atom. The lowest BCUT2D eigenvalue weighted by molar-refractivity contribution is -0.121. The minimum atomic E-state index is -3.70. The standard InChI is InChI=1S/C22H25N3O4S2/c1-14-3-5-17(6-4-14)23-22(27)16-9-11-25(12-10-16)31(28,29)18-7-8-20-19(13-18)24-21(26)15(2)30-20/h3-8,13,15-16H,9-12H2,1-2H3,(H,23,27)(H,24,26)/t15-/m0/s1. The van der Waals surface area contributed by atoms with Crippen LogP contribution >= 0.6 is 11.8 Å². The molecule has 2 N–H and O–H groups in total. The average molecular weight is 460 g/mol. The van der Waals surface area contributed by atoms with Gasteiger partial charge in [-0.25, -0.2) is 8.42 Å². The van der Waals surface area contributed by atoms with Gasteiger partial charge in [0.25, 0.3) is 0 Å². The first kappa shape index (κ1) is 21.9. The highest BCUT2D eigenvalue weighted by atomic mass is 32.2. The van der Waals surface area contributed by atoms with E-state index in [1.807, 2.05) is 38.1 Å². The highest BCUT2D eigenvalue weighted by Gasteiger charge is 2.33. The lowest BCUT2D eigenvalue weighted by Gasteiger charge is -2.31. The summed E-state index contributed by atoms with van der Waals surface area (Å²) >= 11 is 1.41. The molecule has 0 aliphatic carbocycles. The number of amides is 2. The highest BCUT2D eigenvalue weighted by Crippen LogP contribution is 2.37. The first-order valence-electron chi connectivity index (χ1n) is 10.2. The second-order valence-corrected chi connectivity index (χ2v) is 11.3. The summed E-state index contributed by atoms with van der Waals surface area (Å²) in [5.41, 5.74) is 2.39. The minimum absolute atomic E-state index is 0.0801. The van der Waals surface area contributed by atoms with Gasteiger partial charge in [-0.2, -0.15) is 4.31 Å². The summed E-state index contributed by atoms with van der Waals surface area (Å²) in [6.45, 7) is 4.36. The van der Waals surface area contributed by atoms with Gasteiger partial charge in [0.05, 0.1) is 15.8 Å². The van der Waals surface area contributed by atoms with Crippen LogP contribution in [0.4, 0.5) is 11.4 Å². The van der Waals surface area contributed by atoms with Crippen LogP contribution in [0.15, 0.2) is 52.3 Å². The third-order valence-corrected chi connectivity index (χ3v) is 8.74. The van der Waals surface area contributed by atoms with E-state index in [0.29, 0.717) is 18.5 Å². The number of hydrogen-bond donors (Lipinski definition) is 2. The van der Waals surface area contributed by atoms with E-state index in [-0.39, 0.29) is 41.0 Å². The Hall–Kier alpha value is -2.36. The predicted octanol–water partition coefficient (Wildman–Crippen LogP) is 3.47. The maximum atomic E-state index is 13.1. The normalized spacial score (nSPS) is 20.1. The lowest BCUT2D eigenvalue weighted by Crippen LogP contribution is -2.41. The second-order valence-electron chi connectivity index (χ2n) is 7.94. The van der Waals surface area contributed by atoms with Crippen LogP contribution in [0, 0.1) is 12.8 Å². The fraction of sp³-hybridized carbons (Fsp3) is 0.364. The largest absolute Gasteiger partial charge is 0.326 e. The van der Waals surface area contributed by atoms with E-state index in [1.54, 1.807) is 12.1 Å². The molecule has 2 aromatic carbocycles. The quantitative estimate of drug-likeness (QED) is 0.730. The summed E-state index contributed by atoms with van der Waals surface area (Å²) < 4.78 is 27.7. The van der Waals surface area contributed by atoms with Crippen LogP contribution in [0.3, 0.4) is 0 Å². The Kier molecular flexibility index (Phi) is 6.09. The molecule has 0 radical (unpaired) electrons. The number of sulfonamides is 1. The molecule has 0 spiro atoms. The molecular formula is C22H25N3O4S2. The molecule has 9 heteroatoms. The molecule has 2 aliphatic heterocycles. The van der Waals surface area contributed by atoms with E-state index in [1.165, 1.54) is 22.1 Å². The van der Waals surface area contributed by atoms with E-state index < -0.39 is 10.0 Å². The van der Waals surface area contributed by atoms with Gasteiger partial charge >= 0.3 is 0 Å². The minimum Gasteiger partial charge on any atom is -0.326 e. The third kappa shape index (κ3) is 4.63. The molecule has 4 rings (SSSR count). The molecule has 2 aromatic rings. The highest BCUT2D eigenvalue weighted by molar-refractivity contribution is 8.01. The first-order chi connectivity index (χ1) is 14.7. The Labute approximate surface area is 186 Å². The van der Waals surface area contributed by atoms with E-state index >= 15 is 0 Å². The average Bonchev–Trinajstić information content (AvgIpc) is 2.76. The number of carbonyl (C=O) groups excluding carboxylic acids is 2. The van der Waals surface area contributed by atoms with Crippen LogP contribution in [-0.2, 0) is 19.6 Å². The number of carbonyl (C=O) groups is 2. The van der Waals surface area contributed by atoms with Crippen molar-refractivity contribution in [1.82, 2.24) is 4.31 Å². The zero-order valence-corrected chi connectivity index (χ0v) is 19.1. The molecule has 0 unspecified atom stereocenters. The number of piperidine rings is 1. The van der Waals surface area contributed by atoms with Crippen LogP contribution in [-0.4, -0.2) is 42.9 Å². The van der Waals surface area contributed by atoms with Gasteiger partial charge in [0, 0.05) is 29.6 Å². The summed E-state index contributed by atoms with van der Waals surface area (Å²) in [5, 5.41) is 5.49. The zero-order valence-electron chi connectivity index (χ0n) is 17.4. The van der Waals surface area contributed by atoms with Gasteiger partial charge in [-0.3, -0.25) is 9.59 Å². The molecule has 2 heterocycles. The second kappa shape index (κ2) is 8.64. The van der Waals surface area contributed by atoms with Gasteiger partial charge in [0.15, 0.2) is 0 Å². The van der Waals surface area contributed by atoms with E-state index in [9.17, 15) is 18.0 Å². The molecule has 164 valence electrons. The number of hydrogen-bond acceptors (Lipinski definition) is 5. The summed E-state index contributed by atoms with van der Waals surface area (Å²) in [6, 6.07) is 12.4. The number of aryl methyl sites for hydroxylation is 1. The number of rotatable bonds is 4. The Morgan fingerprint density at radius 3 is 2.48 bits per heavy atom. The monoisotopic (exact) mass is 459 g/mol. The van der Waals surface area contributed by atoms with Crippen molar-refractivity contribution in [2.24, 2.45) is 5.92 Å². The van der Waals surface area contributed by atoms with Gasteiger partial charge < -0.3 is 10.6 Å². The Morgan fingerprint density at radius 1 is 1.13 bits per heavy atom. The number of thioether (sulfide) groups is 1. The van der Waals surface area contributed by atoms with Gasteiger partial charge in [-0.15, -0.1) is 11.8 Å². The van der Waals surface area contributed by atoms with Crippen molar-refractivity contribution in [1.29, 1.82) is 0 Å². The van der Waals surface area contributed by atoms with Gasteiger partial charge in [0.2, 0.25) is 21.8 Å². The fourth-order valence-corrected chi connectivity index (χ4v) is 6.16. The topological polar surface area (TPSA) is 95.6 Å². The summed E-state index contributed by atoms with van der Waals surface area (Å²) in [6.07, 6.45) is 0.929. The first-order valence-corrected chi connectivity index (χ1v) is 12.6. The summed E-state index contributed by atoms with van der Waals surface area (Å²) in [7, 11) is -3.70. The molecule has 0 bridgehead atoms. The number of anilines is 2. The summed E-state index contributed by atoms with van der Waals surface area (Å²) in [4.78, 5) is 25.5. The van der Waals surface area contributed by atoms with Crippen LogP contribution in [0.2, 0.25) is 0 Å². The maximum Gasteiger partial charge on any atom is 0.243 e. The number of nitrogens with zero attached hydrogens (tertiary/aromatic N) is 1. The van der Waals surface area contributed by atoms with Crippen molar-refractivity contribution in [3.63, 3.8) is 0 Å². The van der Waals surface area contributed by atoms with Crippen molar-refractivity contribution in [3.05, 3.63) is 48.0 Å². The SMILES string of the molecule is Cc1ccc(NC(=O)C2CCN(S(=O)(=O)c3ccc4c(c3)NC(=O)[C@H](C)S4)CC2)cc1. The van der Waals surface area contributed by atoms with Gasteiger partial charge in [-0.1, -0.05) is 17.7 Å². The molecular weight excluding hydrogens is 434 g/mol. The van der Waals surface area contributed by atoms with Gasteiger partial charge in [0.1, 0.15) is 0 Å². The van der Waals surface area contributed by atoms with Crippen LogP contribution in [0.5, 0.6) is 0 Å². The van der Waals surface area contributed by atoms with Crippen molar-refractivity contribution in [2.75, 3.05) is 23.7 Å². The molecule has 7 nitrogen and oxygen atoms in total.